The maximum absolute atomic E-state index is 10.8. The highest BCUT2D eigenvalue weighted by atomic mass is 28.3. The normalized spacial score (nSPS) is 35.5. The molecule has 0 spiro atoms. The topological polar surface area (TPSA) is 86.3 Å². The van der Waals surface area contributed by atoms with Gasteiger partial charge in [0.1, 0.15) is 0 Å². The molecule has 0 N–H and O–H groups in total. The van der Waals surface area contributed by atoms with Gasteiger partial charge < -0.3 is 0 Å². The van der Waals surface area contributed by atoms with E-state index in [1.807, 2.05) is 13.1 Å². The van der Waals surface area contributed by atoms with Crippen LogP contribution in [-0.4, -0.2) is 29.5 Å². The van der Waals surface area contributed by atoms with E-state index in [4.69, 9.17) is 0 Å². The fourth-order valence-electron chi connectivity index (χ4n) is 2.39. The molecule has 2 unspecified atom stereocenters. The van der Waals surface area contributed by atoms with Gasteiger partial charge in [-0.1, -0.05) is 13.1 Å². The van der Waals surface area contributed by atoms with Gasteiger partial charge in [0.05, 0.1) is 8.07 Å². The average Bonchev–Trinajstić information content (AvgIpc) is 2.22. The molecule has 1 saturated heterocycles. The summed E-state index contributed by atoms with van der Waals surface area (Å²) in [5.74, 6) is 0. The first-order valence-corrected chi connectivity index (χ1v) is 7.88. The summed E-state index contributed by atoms with van der Waals surface area (Å²) in [6, 6.07) is -0.185. The smallest absolute Gasteiger partial charge is 0.264 e. The molecule has 0 saturated carbocycles. The molecule has 0 aromatic heterocycles. The van der Waals surface area contributed by atoms with Crippen molar-refractivity contribution in [1.82, 2.24) is 0 Å². The molecule has 1 fully saturated rings. The summed E-state index contributed by atoms with van der Waals surface area (Å²) >= 11 is 0. The van der Waals surface area contributed by atoms with Crippen LogP contribution in [-0.2, 0) is 0 Å². The molecule has 1 aliphatic heterocycles. The molecule has 1 aliphatic rings. The van der Waals surface area contributed by atoms with E-state index in [1.54, 1.807) is 0 Å². The zero-order chi connectivity index (χ0) is 11.1. The van der Waals surface area contributed by atoms with Crippen LogP contribution in [0.25, 0.3) is 0 Å². The summed E-state index contributed by atoms with van der Waals surface area (Å²) in [4.78, 5) is 20.6. The minimum absolute atomic E-state index is 0.401. The molecule has 0 radical (unpaired) electrons. The van der Waals surface area contributed by atoms with Crippen molar-refractivity contribution in [3.8, 4) is 0 Å². The first-order chi connectivity index (χ1) is 6.19. The molecule has 14 heavy (non-hydrogen) atoms. The number of nitro groups is 2. The lowest BCUT2D eigenvalue weighted by Gasteiger charge is -2.17. The Kier molecular flexibility index (Phi) is 2.38. The molecule has 0 bridgehead atoms. The second kappa shape index (κ2) is 3.01. The first-order valence-electron chi connectivity index (χ1n) is 4.47. The van der Waals surface area contributed by atoms with Gasteiger partial charge in [0, 0.05) is 28.9 Å². The van der Waals surface area contributed by atoms with E-state index in [-0.39, 0.29) is 0 Å². The summed E-state index contributed by atoms with van der Waals surface area (Å²) in [5, 5.41) is 21.6. The number of nitrogens with zero attached hydrogens (tertiary/aromatic N) is 2. The van der Waals surface area contributed by atoms with Crippen molar-refractivity contribution in [2.24, 2.45) is 0 Å². The van der Waals surface area contributed by atoms with E-state index in [0.29, 0.717) is 12.1 Å². The van der Waals surface area contributed by atoms with Crippen LogP contribution < -0.4 is 0 Å². The van der Waals surface area contributed by atoms with E-state index in [1.165, 1.54) is 6.92 Å². The molecule has 7 heteroatoms. The molecular weight excluding hydrogens is 204 g/mol. The average molecular weight is 218 g/mol. The lowest BCUT2D eigenvalue weighted by atomic mass is 9.98. The molecular formula is C7H14N2O4Si. The number of hydrogen-bond donors (Lipinski definition) is 0. The van der Waals surface area contributed by atoms with E-state index in [0.717, 1.165) is 0 Å². The third-order valence-electron chi connectivity index (χ3n) is 2.97. The number of rotatable bonds is 2. The van der Waals surface area contributed by atoms with Crippen LogP contribution in [0.1, 0.15) is 6.92 Å². The van der Waals surface area contributed by atoms with Crippen molar-refractivity contribution in [2.45, 2.75) is 43.7 Å². The lowest BCUT2D eigenvalue weighted by molar-refractivity contribution is -0.640. The van der Waals surface area contributed by atoms with Crippen molar-refractivity contribution >= 4 is 8.07 Å². The zero-order valence-electron chi connectivity index (χ0n) is 8.52. The van der Waals surface area contributed by atoms with Crippen LogP contribution in [0.15, 0.2) is 0 Å². The van der Waals surface area contributed by atoms with Crippen LogP contribution in [0.3, 0.4) is 0 Å². The highest BCUT2D eigenvalue weighted by molar-refractivity contribution is 6.78. The van der Waals surface area contributed by atoms with Gasteiger partial charge in [-0.15, -0.1) is 0 Å². The monoisotopic (exact) mass is 218 g/mol. The van der Waals surface area contributed by atoms with Crippen molar-refractivity contribution in [3.05, 3.63) is 20.2 Å². The van der Waals surface area contributed by atoms with E-state index >= 15 is 0 Å². The van der Waals surface area contributed by atoms with Gasteiger partial charge in [0.25, 0.3) is 11.6 Å². The Morgan fingerprint density at radius 3 is 2.14 bits per heavy atom. The second-order valence-corrected chi connectivity index (χ2v) is 10.1. The maximum Gasteiger partial charge on any atom is 0.282 e. The van der Waals surface area contributed by atoms with Crippen LogP contribution in [0.2, 0.25) is 25.2 Å². The van der Waals surface area contributed by atoms with Gasteiger partial charge >= 0.3 is 0 Å². The van der Waals surface area contributed by atoms with Crippen LogP contribution >= 0.6 is 0 Å². The lowest BCUT2D eigenvalue weighted by Crippen LogP contribution is -2.45. The Bertz CT molecular complexity index is 293. The predicted octanol–water partition coefficient (Wildman–Crippen LogP) is 1.39. The minimum Gasteiger partial charge on any atom is -0.264 e. The second-order valence-electron chi connectivity index (χ2n) is 4.96. The molecule has 80 valence electrons. The third kappa shape index (κ3) is 1.63. The van der Waals surface area contributed by atoms with Gasteiger partial charge in [-0.05, 0) is 0 Å². The SMILES string of the molecule is CC1([N+](=O)[O-])C[Si](C)(C)CC1[N+](=O)[O-]. The van der Waals surface area contributed by atoms with Crippen LogP contribution in [0, 0.1) is 20.2 Å². The van der Waals surface area contributed by atoms with Crippen LogP contribution in [0.5, 0.6) is 0 Å². The predicted molar refractivity (Wildman–Crippen MR) is 53.3 cm³/mol. The van der Waals surface area contributed by atoms with E-state index in [2.05, 4.69) is 0 Å². The molecule has 0 aliphatic carbocycles. The van der Waals surface area contributed by atoms with Crippen molar-refractivity contribution in [1.29, 1.82) is 0 Å². The van der Waals surface area contributed by atoms with Gasteiger partial charge in [-0.25, -0.2) is 0 Å². The maximum atomic E-state index is 10.8. The fourth-order valence-corrected chi connectivity index (χ4v) is 6.47. The van der Waals surface area contributed by atoms with Gasteiger partial charge in [-0.3, -0.25) is 20.2 Å². The van der Waals surface area contributed by atoms with Crippen molar-refractivity contribution in [3.63, 3.8) is 0 Å². The summed E-state index contributed by atoms with van der Waals surface area (Å²) in [6.07, 6.45) is 0. The Labute approximate surface area is 82.6 Å². The highest BCUT2D eigenvalue weighted by Gasteiger charge is 2.64. The summed E-state index contributed by atoms with van der Waals surface area (Å²) in [6.45, 7) is 5.35. The molecule has 2 atom stereocenters. The Morgan fingerprint density at radius 2 is 1.86 bits per heavy atom. The Morgan fingerprint density at radius 1 is 1.36 bits per heavy atom. The molecule has 6 nitrogen and oxygen atoms in total. The van der Waals surface area contributed by atoms with Crippen molar-refractivity contribution in [2.75, 3.05) is 0 Å². The largest absolute Gasteiger partial charge is 0.282 e. The summed E-state index contributed by atoms with van der Waals surface area (Å²) in [7, 11) is -1.75. The van der Waals surface area contributed by atoms with Gasteiger partial charge in [-0.2, -0.15) is 0 Å². The van der Waals surface area contributed by atoms with E-state index in [9.17, 15) is 20.2 Å². The summed E-state index contributed by atoms with van der Waals surface area (Å²) in [5.41, 5.74) is -1.35. The quantitative estimate of drug-likeness (QED) is 0.398. The van der Waals surface area contributed by atoms with Gasteiger partial charge in [0.2, 0.25) is 0 Å². The Hall–Kier alpha value is -0.983. The minimum atomic E-state index is -1.75. The molecule has 0 aromatic rings. The standard InChI is InChI=1S/C7H14N2O4Si/c1-7(9(12)13)5-14(2,3)4-6(7)8(10)11/h6H,4-5H2,1-3H3. The highest BCUT2D eigenvalue weighted by Crippen LogP contribution is 2.41. The molecule has 0 amide bonds. The zero-order valence-corrected chi connectivity index (χ0v) is 9.52. The van der Waals surface area contributed by atoms with Crippen molar-refractivity contribution < 1.29 is 9.85 Å². The molecule has 1 rings (SSSR count). The molecule has 0 aromatic carbocycles. The van der Waals surface area contributed by atoms with Gasteiger partial charge in [0.15, 0.2) is 0 Å². The third-order valence-corrected chi connectivity index (χ3v) is 6.14. The van der Waals surface area contributed by atoms with E-state index < -0.39 is 29.5 Å². The molecule has 1 heterocycles. The Balaban J connectivity index is 3.05. The summed E-state index contributed by atoms with van der Waals surface area (Å²) < 4.78 is 0. The number of hydrogen-bond acceptors (Lipinski definition) is 4. The fraction of sp³-hybridized carbons (Fsp3) is 1.00. The van der Waals surface area contributed by atoms with Crippen LogP contribution in [0.4, 0.5) is 0 Å². The first kappa shape index (κ1) is 11.1.